The number of benzene rings is 1. The van der Waals surface area contributed by atoms with Crippen molar-refractivity contribution in [3.63, 3.8) is 0 Å². The number of H-pyrrole nitrogens is 1. The molecule has 1 saturated carbocycles. The molecule has 1 aliphatic rings. The SMILES string of the molecule is O=C(O)C[C@H]1CC[C@@H](Oc2ncc(-c3ccc(-c4nnc(-c5nccs5)[nH]4)c(F)c3)cn2)CC1. The maximum absolute atomic E-state index is 14.9. The molecule has 34 heavy (non-hydrogen) atoms. The van der Waals surface area contributed by atoms with Crippen molar-refractivity contribution in [1.29, 1.82) is 0 Å². The number of aromatic nitrogens is 6. The van der Waals surface area contributed by atoms with Gasteiger partial charge in [-0.15, -0.1) is 21.5 Å². The number of rotatable bonds is 7. The average molecular weight is 481 g/mol. The summed E-state index contributed by atoms with van der Waals surface area (Å²) in [5.41, 5.74) is 1.59. The Morgan fingerprint density at radius 2 is 1.85 bits per heavy atom. The van der Waals surface area contributed by atoms with Crippen LogP contribution in [-0.2, 0) is 4.79 Å². The second-order valence-corrected chi connectivity index (χ2v) is 9.06. The molecule has 0 unspecified atom stereocenters. The number of aliphatic carboxylic acids is 1. The fourth-order valence-electron chi connectivity index (χ4n) is 4.08. The van der Waals surface area contributed by atoms with Crippen molar-refractivity contribution in [2.24, 2.45) is 5.92 Å². The molecular formula is C23H21FN6O3S. The summed E-state index contributed by atoms with van der Waals surface area (Å²) in [5.74, 6) is -0.179. The van der Waals surface area contributed by atoms with Crippen molar-refractivity contribution in [2.45, 2.75) is 38.2 Å². The lowest BCUT2D eigenvalue weighted by Gasteiger charge is -2.27. The standard InChI is InChI=1S/C23H21FN6O3S/c24-18-10-14(3-6-17(18)20-28-21(30-29-20)22-25-7-8-34-22)15-11-26-23(27-12-15)33-16-4-1-13(2-5-16)9-19(31)32/h3,6-8,10-13,16H,1-2,4-5,9H2,(H,31,32)(H,28,29,30)/t13-,16+. The maximum Gasteiger partial charge on any atom is 0.316 e. The van der Waals surface area contributed by atoms with Gasteiger partial charge in [0.2, 0.25) is 0 Å². The lowest BCUT2D eigenvalue weighted by molar-refractivity contribution is -0.138. The molecule has 174 valence electrons. The molecule has 1 fully saturated rings. The highest BCUT2D eigenvalue weighted by molar-refractivity contribution is 7.13. The van der Waals surface area contributed by atoms with Crippen LogP contribution in [0.3, 0.4) is 0 Å². The van der Waals surface area contributed by atoms with Crippen LogP contribution in [0.1, 0.15) is 32.1 Å². The van der Waals surface area contributed by atoms with E-state index in [1.165, 1.54) is 17.4 Å². The number of ether oxygens (including phenoxy) is 1. The summed E-state index contributed by atoms with van der Waals surface area (Å²) in [6.07, 6.45) is 8.24. The van der Waals surface area contributed by atoms with Gasteiger partial charge < -0.3 is 14.8 Å². The quantitative estimate of drug-likeness (QED) is 0.393. The van der Waals surface area contributed by atoms with E-state index in [1.807, 2.05) is 5.38 Å². The van der Waals surface area contributed by atoms with Crippen LogP contribution in [0, 0.1) is 11.7 Å². The minimum Gasteiger partial charge on any atom is -0.481 e. The number of carbonyl (C=O) groups is 1. The van der Waals surface area contributed by atoms with E-state index in [-0.39, 0.29) is 24.5 Å². The first-order chi connectivity index (χ1) is 16.5. The molecule has 2 N–H and O–H groups in total. The number of hydrogen-bond acceptors (Lipinski definition) is 8. The zero-order valence-electron chi connectivity index (χ0n) is 18.0. The number of aromatic amines is 1. The Hall–Kier alpha value is -3.73. The minimum absolute atomic E-state index is 0.0243. The number of carboxylic acid groups (broad SMARTS) is 1. The largest absolute Gasteiger partial charge is 0.481 e. The number of nitrogens with one attached hydrogen (secondary N) is 1. The van der Waals surface area contributed by atoms with E-state index in [4.69, 9.17) is 9.84 Å². The van der Waals surface area contributed by atoms with E-state index in [0.717, 1.165) is 25.7 Å². The molecule has 0 spiro atoms. The summed E-state index contributed by atoms with van der Waals surface area (Å²) in [5, 5.41) is 19.5. The molecule has 3 aromatic heterocycles. The number of hydrogen-bond donors (Lipinski definition) is 2. The zero-order chi connectivity index (χ0) is 23.5. The summed E-state index contributed by atoms with van der Waals surface area (Å²) >= 11 is 1.42. The predicted octanol–water partition coefficient (Wildman–Crippen LogP) is 4.60. The van der Waals surface area contributed by atoms with Crippen molar-refractivity contribution < 1.29 is 19.0 Å². The van der Waals surface area contributed by atoms with Gasteiger partial charge in [0.1, 0.15) is 11.9 Å². The summed E-state index contributed by atoms with van der Waals surface area (Å²) in [6.45, 7) is 0. The highest BCUT2D eigenvalue weighted by Crippen LogP contribution is 2.30. The normalized spacial score (nSPS) is 18.0. The molecule has 0 bridgehead atoms. The second-order valence-electron chi connectivity index (χ2n) is 8.17. The van der Waals surface area contributed by atoms with Crippen LogP contribution in [-0.4, -0.2) is 47.3 Å². The van der Waals surface area contributed by atoms with Gasteiger partial charge in [-0.2, -0.15) is 0 Å². The first-order valence-corrected chi connectivity index (χ1v) is 11.8. The fourth-order valence-corrected chi connectivity index (χ4v) is 4.66. The van der Waals surface area contributed by atoms with Crippen molar-refractivity contribution in [2.75, 3.05) is 0 Å². The Bertz CT molecular complexity index is 1270. The number of nitrogens with zero attached hydrogens (tertiary/aromatic N) is 5. The highest BCUT2D eigenvalue weighted by atomic mass is 32.1. The number of carboxylic acids is 1. The molecule has 0 aliphatic heterocycles. The summed E-state index contributed by atoms with van der Waals surface area (Å²) in [7, 11) is 0. The van der Waals surface area contributed by atoms with E-state index in [1.54, 1.807) is 30.7 Å². The van der Waals surface area contributed by atoms with Crippen molar-refractivity contribution >= 4 is 17.3 Å². The molecule has 0 amide bonds. The Morgan fingerprint density at radius 3 is 2.53 bits per heavy atom. The van der Waals surface area contributed by atoms with Gasteiger partial charge in [-0.1, -0.05) is 6.07 Å². The van der Waals surface area contributed by atoms with Gasteiger partial charge in [-0.3, -0.25) is 4.79 Å². The molecule has 0 atom stereocenters. The first-order valence-electron chi connectivity index (χ1n) is 10.9. The monoisotopic (exact) mass is 480 g/mol. The van der Waals surface area contributed by atoms with E-state index >= 15 is 0 Å². The summed E-state index contributed by atoms with van der Waals surface area (Å²) < 4.78 is 20.7. The minimum atomic E-state index is -0.756. The van der Waals surface area contributed by atoms with Crippen LogP contribution < -0.4 is 4.74 Å². The van der Waals surface area contributed by atoms with Gasteiger partial charge in [-0.25, -0.2) is 19.3 Å². The van der Waals surface area contributed by atoms with Crippen LogP contribution in [0.5, 0.6) is 6.01 Å². The maximum atomic E-state index is 14.9. The first kappa shape index (κ1) is 22.1. The average Bonchev–Trinajstić information content (AvgIpc) is 3.53. The van der Waals surface area contributed by atoms with Gasteiger partial charge in [0.25, 0.3) is 0 Å². The third kappa shape index (κ3) is 4.93. The van der Waals surface area contributed by atoms with Gasteiger partial charge in [0.15, 0.2) is 16.7 Å². The molecule has 4 aromatic rings. The van der Waals surface area contributed by atoms with Crippen molar-refractivity contribution in [1.82, 2.24) is 30.1 Å². The molecule has 0 saturated heterocycles. The highest BCUT2D eigenvalue weighted by Gasteiger charge is 2.24. The van der Waals surface area contributed by atoms with E-state index in [2.05, 4.69) is 30.1 Å². The lowest BCUT2D eigenvalue weighted by Crippen LogP contribution is -2.25. The summed E-state index contributed by atoms with van der Waals surface area (Å²) in [6, 6.07) is 5.08. The molecule has 0 radical (unpaired) electrons. The van der Waals surface area contributed by atoms with Crippen LogP contribution in [0.4, 0.5) is 4.39 Å². The number of thiazole rings is 1. The molecule has 1 aromatic carbocycles. The zero-order valence-corrected chi connectivity index (χ0v) is 18.8. The van der Waals surface area contributed by atoms with E-state index in [0.29, 0.717) is 33.3 Å². The Kier molecular flexibility index (Phi) is 6.26. The van der Waals surface area contributed by atoms with Gasteiger partial charge in [0.05, 0.1) is 5.56 Å². The lowest BCUT2D eigenvalue weighted by atomic mass is 9.85. The summed E-state index contributed by atoms with van der Waals surface area (Å²) in [4.78, 5) is 26.6. The Balaban J connectivity index is 1.23. The van der Waals surface area contributed by atoms with Crippen LogP contribution in [0.2, 0.25) is 0 Å². The fraction of sp³-hybridized carbons (Fsp3) is 0.304. The Labute approximate surface area is 198 Å². The van der Waals surface area contributed by atoms with Crippen molar-refractivity contribution in [3.05, 3.63) is 48.0 Å². The van der Waals surface area contributed by atoms with E-state index < -0.39 is 11.8 Å². The molecule has 1 aliphatic carbocycles. The Morgan fingerprint density at radius 1 is 1.09 bits per heavy atom. The van der Waals surface area contributed by atoms with Gasteiger partial charge in [0, 0.05) is 36.0 Å². The third-order valence-electron chi connectivity index (χ3n) is 5.84. The second kappa shape index (κ2) is 9.64. The third-order valence-corrected chi connectivity index (χ3v) is 6.62. The smallest absolute Gasteiger partial charge is 0.316 e. The molecule has 3 heterocycles. The molecular weight excluding hydrogens is 459 g/mol. The topological polar surface area (TPSA) is 127 Å². The molecule has 11 heteroatoms. The molecule has 5 rings (SSSR count). The van der Waals surface area contributed by atoms with E-state index in [9.17, 15) is 9.18 Å². The van der Waals surface area contributed by atoms with Gasteiger partial charge >= 0.3 is 12.0 Å². The van der Waals surface area contributed by atoms with Crippen LogP contribution in [0.15, 0.2) is 42.2 Å². The van der Waals surface area contributed by atoms with Gasteiger partial charge in [-0.05, 0) is 49.3 Å². The molecule has 9 nitrogen and oxygen atoms in total. The van der Waals surface area contributed by atoms with Crippen molar-refractivity contribution in [3.8, 4) is 39.4 Å². The number of halogens is 1. The predicted molar refractivity (Wildman–Crippen MR) is 123 cm³/mol. The van der Waals surface area contributed by atoms with Crippen LogP contribution in [0.25, 0.3) is 33.3 Å². The van der Waals surface area contributed by atoms with Crippen LogP contribution >= 0.6 is 11.3 Å².